The van der Waals surface area contributed by atoms with Crippen molar-refractivity contribution in [3.63, 3.8) is 0 Å². The van der Waals surface area contributed by atoms with E-state index in [0.717, 1.165) is 10.0 Å². The van der Waals surface area contributed by atoms with Gasteiger partial charge < -0.3 is 5.32 Å². The third kappa shape index (κ3) is 4.33. The van der Waals surface area contributed by atoms with Crippen LogP contribution in [0.3, 0.4) is 0 Å². The molecule has 4 heteroatoms. The minimum absolute atomic E-state index is 0.254. The molecule has 0 spiro atoms. The topological polar surface area (TPSA) is 12.0 Å². The van der Waals surface area contributed by atoms with Crippen LogP contribution in [0.1, 0.15) is 5.56 Å². The molecule has 13 heavy (non-hydrogen) atoms. The summed E-state index contributed by atoms with van der Waals surface area (Å²) in [6, 6.07) is 7.56. The lowest BCUT2D eigenvalue weighted by Gasteiger charge is -2.03. The molecule has 72 valence electrons. The van der Waals surface area contributed by atoms with Gasteiger partial charge in [0.2, 0.25) is 0 Å². The minimum atomic E-state index is -2.28. The average molecular weight is 250 g/mol. The third-order valence-corrected chi connectivity index (χ3v) is 2.07. The molecular formula is C9H10BrF2N. The maximum Gasteiger partial charge on any atom is 0.250 e. The molecule has 0 fully saturated rings. The van der Waals surface area contributed by atoms with Crippen molar-refractivity contribution in [3.8, 4) is 0 Å². The highest BCUT2D eigenvalue weighted by atomic mass is 79.9. The van der Waals surface area contributed by atoms with Crippen LogP contribution in [-0.4, -0.2) is 13.0 Å². The number of benzene rings is 1. The van der Waals surface area contributed by atoms with Crippen molar-refractivity contribution in [1.82, 2.24) is 5.32 Å². The molecule has 0 aliphatic heterocycles. The lowest BCUT2D eigenvalue weighted by molar-refractivity contribution is 0.145. The Morgan fingerprint density at radius 3 is 2.38 bits per heavy atom. The van der Waals surface area contributed by atoms with E-state index in [1.807, 2.05) is 24.3 Å². The zero-order chi connectivity index (χ0) is 9.68. The summed E-state index contributed by atoms with van der Waals surface area (Å²) in [6.45, 7) is 0.230. The zero-order valence-corrected chi connectivity index (χ0v) is 8.52. The average Bonchev–Trinajstić information content (AvgIpc) is 2.08. The van der Waals surface area contributed by atoms with E-state index in [-0.39, 0.29) is 6.54 Å². The smallest absolute Gasteiger partial charge is 0.250 e. The first-order chi connectivity index (χ1) is 6.18. The van der Waals surface area contributed by atoms with Crippen LogP contribution in [0, 0.1) is 0 Å². The van der Waals surface area contributed by atoms with E-state index < -0.39 is 6.43 Å². The first-order valence-corrected chi connectivity index (χ1v) is 4.71. The SMILES string of the molecule is FC(F)CNCc1ccc(Br)cc1. The predicted molar refractivity (Wildman–Crippen MR) is 51.9 cm³/mol. The molecular weight excluding hydrogens is 240 g/mol. The van der Waals surface area contributed by atoms with Crippen LogP contribution in [0.2, 0.25) is 0 Å². The minimum Gasteiger partial charge on any atom is -0.307 e. The van der Waals surface area contributed by atoms with Gasteiger partial charge in [0, 0.05) is 11.0 Å². The van der Waals surface area contributed by atoms with E-state index >= 15 is 0 Å². The Balaban J connectivity index is 2.33. The largest absolute Gasteiger partial charge is 0.307 e. The molecule has 1 aromatic carbocycles. The van der Waals surface area contributed by atoms with Crippen LogP contribution in [0.5, 0.6) is 0 Å². The Morgan fingerprint density at radius 2 is 1.85 bits per heavy atom. The van der Waals surface area contributed by atoms with Gasteiger partial charge in [-0.25, -0.2) is 8.78 Å². The van der Waals surface area contributed by atoms with Crippen LogP contribution in [-0.2, 0) is 6.54 Å². The second kappa shape index (κ2) is 5.29. The van der Waals surface area contributed by atoms with E-state index in [2.05, 4.69) is 21.2 Å². The van der Waals surface area contributed by atoms with Crippen LogP contribution >= 0.6 is 15.9 Å². The number of alkyl halides is 2. The molecule has 0 aliphatic rings. The van der Waals surface area contributed by atoms with Crippen LogP contribution in [0.25, 0.3) is 0 Å². The van der Waals surface area contributed by atoms with Crippen molar-refractivity contribution >= 4 is 15.9 Å². The summed E-state index contributed by atoms with van der Waals surface area (Å²) in [5.41, 5.74) is 1.00. The molecule has 0 unspecified atom stereocenters. The molecule has 0 bridgehead atoms. The molecule has 0 saturated heterocycles. The summed E-state index contributed by atoms with van der Waals surface area (Å²) in [5, 5.41) is 2.66. The fraction of sp³-hybridized carbons (Fsp3) is 0.333. The predicted octanol–water partition coefficient (Wildman–Crippen LogP) is 2.80. The monoisotopic (exact) mass is 249 g/mol. The molecule has 0 atom stereocenters. The quantitative estimate of drug-likeness (QED) is 0.866. The van der Waals surface area contributed by atoms with Crippen molar-refractivity contribution in [2.75, 3.05) is 6.54 Å². The van der Waals surface area contributed by atoms with E-state index in [0.29, 0.717) is 6.54 Å². The Kier molecular flexibility index (Phi) is 4.32. The maximum absolute atomic E-state index is 11.7. The Labute approximate surface area is 84.3 Å². The van der Waals surface area contributed by atoms with Crippen molar-refractivity contribution in [2.24, 2.45) is 0 Å². The highest BCUT2D eigenvalue weighted by Crippen LogP contribution is 2.10. The highest BCUT2D eigenvalue weighted by molar-refractivity contribution is 9.10. The zero-order valence-electron chi connectivity index (χ0n) is 6.93. The lowest BCUT2D eigenvalue weighted by atomic mass is 10.2. The number of rotatable bonds is 4. The van der Waals surface area contributed by atoms with Gasteiger partial charge in [0.1, 0.15) is 0 Å². The van der Waals surface area contributed by atoms with E-state index in [9.17, 15) is 8.78 Å². The molecule has 0 radical (unpaired) electrons. The summed E-state index contributed by atoms with van der Waals surface area (Å²) in [7, 11) is 0. The van der Waals surface area contributed by atoms with Gasteiger partial charge >= 0.3 is 0 Å². The van der Waals surface area contributed by atoms with E-state index in [1.165, 1.54) is 0 Å². The van der Waals surface area contributed by atoms with Crippen LogP contribution in [0.4, 0.5) is 8.78 Å². The molecule has 1 nitrogen and oxygen atoms in total. The number of halogens is 3. The van der Waals surface area contributed by atoms with Crippen molar-refractivity contribution in [2.45, 2.75) is 13.0 Å². The van der Waals surface area contributed by atoms with Crippen LogP contribution in [0.15, 0.2) is 28.7 Å². The molecule has 0 aromatic heterocycles. The van der Waals surface area contributed by atoms with Gasteiger partial charge in [0.25, 0.3) is 6.43 Å². The summed E-state index contributed by atoms with van der Waals surface area (Å²) >= 11 is 3.30. The van der Waals surface area contributed by atoms with Crippen molar-refractivity contribution in [1.29, 1.82) is 0 Å². The van der Waals surface area contributed by atoms with Gasteiger partial charge in [-0.05, 0) is 17.7 Å². The van der Waals surface area contributed by atoms with E-state index in [1.54, 1.807) is 0 Å². The van der Waals surface area contributed by atoms with Crippen molar-refractivity contribution < 1.29 is 8.78 Å². The van der Waals surface area contributed by atoms with Gasteiger partial charge in [-0.1, -0.05) is 28.1 Å². The summed E-state index contributed by atoms with van der Waals surface area (Å²) in [4.78, 5) is 0. The third-order valence-electron chi connectivity index (χ3n) is 1.54. The number of hydrogen-bond acceptors (Lipinski definition) is 1. The Morgan fingerprint density at radius 1 is 1.23 bits per heavy atom. The fourth-order valence-corrected chi connectivity index (χ4v) is 1.19. The van der Waals surface area contributed by atoms with Gasteiger partial charge in [0.15, 0.2) is 0 Å². The molecule has 1 N–H and O–H groups in total. The summed E-state index contributed by atoms with van der Waals surface area (Å²) < 4.78 is 24.5. The van der Waals surface area contributed by atoms with E-state index in [4.69, 9.17) is 0 Å². The fourth-order valence-electron chi connectivity index (χ4n) is 0.928. The molecule has 1 rings (SSSR count). The van der Waals surface area contributed by atoms with Crippen LogP contribution < -0.4 is 5.32 Å². The highest BCUT2D eigenvalue weighted by Gasteiger charge is 2.00. The normalized spacial score (nSPS) is 10.8. The second-order valence-electron chi connectivity index (χ2n) is 2.65. The Hall–Kier alpha value is -0.480. The van der Waals surface area contributed by atoms with Crippen molar-refractivity contribution in [3.05, 3.63) is 34.3 Å². The van der Waals surface area contributed by atoms with Gasteiger partial charge in [-0.3, -0.25) is 0 Å². The second-order valence-corrected chi connectivity index (χ2v) is 3.56. The first kappa shape index (κ1) is 10.6. The Bertz CT molecular complexity index is 248. The summed E-state index contributed by atoms with van der Waals surface area (Å²) in [6.07, 6.45) is -2.28. The summed E-state index contributed by atoms with van der Waals surface area (Å²) in [5.74, 6) is 0. The molecule has 0 aliphatic carbocycles. The standard InChI is InChI=1S/C9H10BrF2N/c10-8-3-1-7(2-4-8)5-13-6-9(11)12/h1-4,9,13H,5-6H2. The first-order valence-electron chi connectivity index (χ1n) is 3.92. The molecule has 1 aromatic rings. The number of nitrogens with one attached hydrogen (secondary N) is 1. The molecule has 0 amide bonds. The van der Waals surface area contributed by atoms with Gasteiger partial charge in [0.05, 0.1) is 6.54 Å². The maximum atomic E-state index is 11.7. The van der Waals surface area contributed by atoms with Gasteiger partial charge in [-0.15, -0.1) is 0 Å². The lowest BCUT2D eigenvalue weighted by Crippen LogP contribution is -2.20. The molecule has 0 heterocycles. The number of hydrogen-bond donors (Lipinski definition) is 1. The van der Waals surface area contributed by atoms with Gasteiger partial charge in [-0.2, -0.15) is 0 Å². The molecule has 0 saturated carbocycles.